The molecule has 1 aliphatic heterocycles. The first-order valence-corrected chi connectivity index (χ1v) is 12.2. The molecule has 0 aromatic carbocycles. The maximum absolute atomic E-state index is 13.0. The van der Waals surface area contributed by atoms with Crippen LogP contribution in [0.3, 0.4) is 0 Å². The lowest BCUT2D eigenvalue weighted by atomic mass is 9.94. The van der Waals surface area contributed by atoms with E-state index in [1.165, 1.54) is 23.6 Å². The fraction of sp³-hybridized carbons (Fsp3) is 0.800. The zero-order valence-electron chi connectivity index (χ0n) is 17.1. The fourth-order valence-electron chi connectivity index (χ4n) is 4.16. The number of hydrogen-bond acceptors (Lipinski definition) is 4. The zero-order chi connectivity index (χ0) is 20.1. The Kier molecular flexibility index (Phi) is 7.15. The van der Waals surface area contributed by atoms with Crippen LogP contribution in [0.1, 0.15) is 77.7 Å². The number of nitrogens with one attached hydrogen (secondary N) is 1. The minimum Gasteiger partial charge on any atom is -0.353 e. The van der Waals surface area contributed by atoms with Crippen LogP contribution in [0.4, 0.5) is 0 Å². The van der Waals surface area contributed by atoms with Crippen molar-refractivity contribution in [1.82, 2.24) is 19.2 Å². The third-order valence-electron chi connectivity index (χ3n) is 5.98. The lowest BCUT2D eigenvalue weighted by molar-refractivity contribution is -0.126. The van der Waals surface area contributed by atoms with E-state index in [1.54, 1.807) is 17.1 Å². The molecule has 2 aliphatic rings. The number of imidazole rings is 1. The lowest BCUT2D eigenvalue weighted by Gasteiger charge is -2.32. The molecule has 0 unspecified atom stereocenters. The minimum atomic E-state index is -3.66. The van der Waals surface area contributed by atoms with Gasteiger partial charge in [-0.25, -0.2) is 13.4 Å². The molecule has 3 rings (SSSR count). The molecule has 1 aromatic rings. The first-order valence-electron chi connectivity index (χ1n) is 10.7. The molecule has 1 atom stereocenters. The highest BCUT2D eigenvalue weighted by atomic mass is 32.2. The number of aromatic nitrogens is 2. The topological polar surface area (TPSA) is 84.3 Å². The van der Waals surface area contributed by atoms with Crippen LogP contribution in [0.2, 0.25) is 0 Å². The van der Waals surface area contributed by atoms with Gasteiger partial charge in [-0.2, -0.15) is 4.31 Å². The second-order valence-corrected chi connectivity index (χ2v) is 10.4. The summed E-state index contributed by atoms with van der Waals surface area (Å²) in [6, 6.07) is 0.390. The van der Waals surface area contributed by atoms with E-state index in [9.17, 15) is 13.2 Å². The minimum absolute atomic E-state index is 0.0122. The molecular formula is C20H34N4O3S. The van der Waals surface area contributed by atoms with Gasteiger partial charge in [-0.05, 0) is 39.5 Å². The van der Waals surface area contributed by atoms with Gasteiger partial charge in [0.15, 0.2) is 5.03 Å². The highest BCUT2D eigenvalue weighted by Gasteiger charge is 2.35. The van der Waals surface area contributed by atoms with Gasteiger partial charge in [0.2, 0.25) is 5.91 Å². The summed E-state index contributed by atoms with van der Waals surface area (Å²) in [5.74, 6) is -0.265. The molecule has 1 saturated heterocycles. The first-order chi connectivity index (χ1) is 13.4. The lowest BCUT2D eigenvalue weighted by Crippen LogP contribution is -2.47. The Morgan fingerprint density at radius 3 is 2.43 bits per heavy atom. The molecule has 1 saturated carbocycles. The highest BCUT2D eigenvalue weighted by molar-refractivity contribution is 7.89. The summed E-state index contributed by atoms with van der Waals surface area (Å²) in [7, 11) is -3.66. The smallest absolute Gasteiger partial charge is 0.262 e. The monoisotopic (exact) mass is 410 g/mol. The Hall–Kier alpha value is -1.41. The maximum Gasteiger partial charge on any atom is 0.262 e. The fourth-order valence-corrected chi connectivity index (χ4v) is 5.61. The van der Waals surface area contributed by atoms with E-state index >= 15 is 0 Å². The zero-order valence-corrected chi connectivity index (χ0v) is 18.0. The molecule has 7 nitrogen and oxygen atoms in total. The van der Waals surface area contributed by atoms with Crippen LogP contribution in [-0.4, -0.2) is 47.3 Å². The molecule has 28 heavy (non-hydrogen) atoms. The Bertz CT molecular complexity index is 751. The molecule has 0 bridgehead atoms. The van der Waals surface area contributed by atoms with Crippen molar-refractivity contribution in [3.05, 3.63) is 12.5 Å². The average Bonchev–Trinajstić information content (AvgIpc) is 3.15. The highest BCUT2D eigenvalue weighted by Crippen LogP contribution is 2.24. The number of carbonyl (C=O) groups is 1. The third-order valence-corrected chi connectivity index (χ3v) is 7.74. The van der Waals surface area contributed by atoms with Crippen molar-refractivity contribution in [2.45, 2.75) is 88.7 Å². The molecule has 2 heterocycles. The summed E-state index contributed by atoms with van der Waals surface area (Å²) >= 11 is 0. The van der Waals surface area contributed by atoms with Gasteiger partial charge in [0.25, 0.3) is 10.0 Å². The van der Waals surface area contributed by atoms with Crippen LogP contribution in [0.5, 0.6) is 0 Å². The Balaban J connectivity index is 1.62. The molecule has 8 heteroatoms. The molecule has 1 aliphatic carbocycles. The van der Waals surface area contributed by atoms with E-state index in [-0.39, 0.29) is 35.5 Å². The molecule has 0 spiro atoms. The largest absolute Gasteiger partial charge is 0.353 e. The van der Waals surface area contributed by atoms with Gasteiger partial charge in [-0.3, -0.25) is 4.79 Å². The quantitative estimate of drug-likeness (QED) is 0.808. The van der Waals surface area contributed by atoms with Crippen molar-refractivity contribution in [2.24, 2.45) is 5.92 Å². The van der Waals surface area contributed by atoms with Crippen LogP contribution in [-0.2, 0) is 14.8 Å². The standard InChI is InChI=1S/C20H34N4O3S/c1-16(2)23-14-19(21-15-23)28(26,27)24-12-8-9-17(13-24)20(25)22-18-10-6-4-3-5-7-11-18/h14-18H,3-13H2,1-2H3,(H,22,25)/t17-/m1/s1. The van der Waals surface area contributed by atoms with Crippen LogP contribution in [0.25, 0.3) is 0 Å². The Morgan fingerprint density at radius 2 is 1.79 bits per heavy atom. The maximum atomic E-state index is 13.0. The Morgan fingerprint density at radius 1 is 1.11 bits per heavy atom. The van der Waals surface area contributed by atoms with Crippen molar-refractivity contribution >= 4 is 15.9 Å². The predicted molar refractivity (Wildman–Crippen MR) is 108 cm³/mol. The van der Waals surface area contributed by atoms with Gasteiger partial charge < -0.3 is 9.88 Å². The number of carbonyl (C=O) groups excluding carboxylic acids is 1. The van der Waals surface area contributed by atoms with E-state index in [4.69, 9.17) is 0 Å². The van der Waals surface area contributed by atoms with Crippen LogP contribution >= 0.6 is 0 Å². The average molecular weight is 411 g/mol. The number of nitrogens with zero attached hydrogens (tertiary/aromatic N) is 3. The van der Waals surface area contributed by atoms with Crippen molar-refractivity contribution in [3.63, 3.8) is 0 Å². The third kappa shape index (κ3) is 5.14. The van der Waals surface area contributed by atoms with E-state index in [2.05, 4.69) is 10.3 Å². The molecule has 0 radical (unpaired) electrons. The van der Waals surface area contributed by atoms with Crippen molar-refractivity contribution in [1.29, 1.82) is 0 Å². The van der Waals surface area contributed by atoms with Gasteiger partial charge in [0.05, 0.1) is 12.2 Å². The van der Waals surface area contributed by atoms with E-state index in [0.29, 0.717) is 13.0 Å². The molecule has 158 valence electrons. The molecule has 1 aromatic heterocycles. The van der Waals surface area contributed by atoms with Gasteiger partial charge in [-0.15, -0.1) is 0 Å². The summed E-state index contributed by atoms with van der Waals surface area (Å²) in [4.78, 5) is 16.9. The van der Waals surface area contributed by atoms with Crippen molar-refractivity contribution < 1.29 is 13.2 Å². The Labute approximate surface area is 168 Å². The number of rotatable bonds is 5. The van der Waals surface area contributed by atoms with Crippen LogP contribution in [0, 0.1) is 5.92 Å². The summed E-state index contributed by atoms with van der Waals surface area (Å²) < 4.78 is 29.2. The second kappa shape index (κ2) is 9.39. The van der Waals surface area contributed by atoms with Gasteiger partial charge in [-0.1, -0.05) is 32.1 Å². The second-order valence-electron chi connectivity index (χ2n) is 8.51. The molecular weight excluding hydrogens is 376 g/mol. The van der Waals surface area contributed by atoms with E-state index in [0.717, 1.165) is 32.1 Å². The number of amides is 1. The van der Waals surface area contributed by atoms with Crippen LogP contribution in [0.15, 0.2) is 17.6 Å². The van der Waals surface area contributed by atoms with E-state index < -0.39 is 10.0 Å². The first kappa shape index (κ1) is 21.3. The molecule has 2 fully saturated rings. The number of sulfonamides is 1. The summed E-state index contributed by atoms with van der Waals surface area (Å²) in [5.41, 5.74) is 0. The number of piperidine rings is 1. The summed E-state index contributed by atoms with van der Waals surface area (Å²) in [6.07, 6.45) is 12.7. The van der Waals surface area contributed by atoms with Gasteiger partial charge in [0, 0.05) is 31.4 Å². The van der Waals surface area contributed by atoms with E-state index in [1.807, 2.05) is 13.8 Å². The molecule has 1 amide bonds. The van der Waals surface area contributed by atoms with Crippen molar-refractivity contribution in [3.8, 4) is 0 Å². The normalized spacial score (nSPS) is 23.3. The van der Waals surface area contributed by atoms with Crippen LogP contribution < -0.4 is 5.32 Å². The number of hydrogen-bond donors (Lipinski definition) is 1. The van der Waals surface area contributed by atoms with Crippen molar-refractivity contribution in [2.75, 3.05) is 13.1 Å². The molecule has 1 N–H and O–H groups in total. The SMILES string of the molecule is CC(C)n1cnc(S(=O)(=O)N2CCC[C@@H](C(=O)NC3CCCCCCC3)C2)c1. The predicted octanol–water partition coefficient (Wildman–Crippen LogP) is 3.09. The summed E-state index contributed by atoms with van der Waals surface area (Å²) in [5, 5.41) is 3.28. The van der Waals surface area contributed by atoms with Gasteiger partial charge in [0.1, 0.15) is 0 Å². The summed E-state index contributed by atoms with van der Waals surface area (Å²) in [6.45, 7) is 4.66. The van der Waals surface area contributed by atoms with Gasteiger partial charge >= 0.3 is 0 Å².